The molecule has 2 aromatic heterocycles. The fourth-order valence-corrected chi connectivity index (χ4v) is 1.60. The first-order valence-corrected chi connectivity index (χ1v) is 6.03. The number of ether oxygens (including phenoxy) is 1. The highest BCUT2D eigenvalue weighted by Crippen LogP contribution is 2.19. The lowest BCUT2D eigenvalue weighted by Gasteiger charge is -2.07. The Balaban J connectivity index is 2.07. The van der Waals surface area contributed by atoms with E-state index in [1.165, 1.54) is 0 Å². The van der Waals surface area contributed by atoms with Crippen molar-refractivity contribution in [3.63, 3.8) is 0 Å². The van der Waals surface area contributed by atoms with Crippen LogP contribution in [0.3, 0.4) is 0 Å². The first kappa shape index (κ1) is 13.1. The quantitative estimate of drug-likeness (QED) is 0.661. The largest absolute Gasteiger partial charge is 0.466 e. The summed E-state index contributed by atoms with van der Waals surface area (Å²) in [6.07, 6.45) is 1.92. The fourth-order valence-electron chi connectivity index (χ4n) is 1.60. The van der Waals surface area contributed by atoms with Gasteiger partial charge < -0.3 is 15.4 Å². The molecule has 2 aromatic rings. The van der Waals surface area contributed by atoms with Gasteiger partial charge in [0.2, 0.25) is 5.95 Å². The van der Waals surface area contributed by atoms with Gasteiger partial charge in [-0.1, -0.05) is 0 Å². The van der Waals surface area contributed by atoms with E-state index in [9.17, 15) is 4.79 Å². The van der Waals surface area contributed by atoms with Crippen LogP contribution in [0.25, 0.3) is 11.0 Å². The maximum absolute atomic E-state index is 11.2. The Bertz CT molecular complexity index is 567. The molecule has 2 rings (SSSR count). The summed E-state index contributed by atoms with van der Waals surface area (Å²) in [7, 11) is 1.74. The van der Waals surface area contributed by atoms with Crippen molar-refractivity contribution in [3.05, 3.63) is 6.20 Å². The number of aromatic amines is 1. The maximum Gasteiger partial charge on any atom is 0.307 e. The second kappa shape index (κ2) is 5.98. The Morgan fingerprint density at radius 3 is 3.05 bits per heavy atom. The molecule has 8 heteroatoms. The number of aromatic nitrogens is 4. The number of fused-ring (bicyclic) bond motifs is 1. The number of anilines is 2. The van der Waals surface area contributed by atoms with Crippen molar-refractivity contribution < 1.29 is 9.53 Å². The van der Waals surface area contributed by atoms with E-state index in [-0.39, 0.29) is 12.4 Å². The summed E-state index contributed by atoms with van der Waals surface area (Å²) in [5.74, 6) is 0.879. The van der Waals surface area contributed by atoms with Crippen molar-refractivity contribution >= 4 is 28.8 Å². The SMILES string of the molecule is CCOC(=O)CCNc1nc(NC)nc2[nH]ncc12. The van der Waals surface area contributed by atoms with E-state index in [0.717, 1.165) is 5.39 Å². The Morgan fingerprint density at radius 1 is 1.47 bits per heavy atom. The first-order valence-electron chi connectivity index (χ1n) is 6.03. The Hall–Kier alpha value is -2.38. The molecular formula is C11H16N6O2. The topological polar surface area (TPSA) is 105 Å². The number of carbonyl (C=O) groups is 1. The van der Waals surface area contributed by atoms with E-state index >= 15 is 0 Å². The normalized spacial score (nSPS) is 10.4. The number of hydrogen-bond acceptors (Lipinski definition) is 7. The fraction of sp³-hybridized carbons (Fsp3) is 0.455. The number of carbonyl (C=O) groups excluding carboxylic acids is 1. The molecule has 0 aliphatic carbocycles. The minimum atomic E-state index is -0.235. The third-order valence-corrected chi connectivity index (χ3v) is 2.46. The molecule has 0 saturated carbocycles. The highest BCUT2D eigenvalue weighted by molar-refractivity contribution is 5.87. The van der Waals surface area contributed by atoms with Gasteiger partial charge in [0.15, 0.2) is 5.65 Å². The van der Waals surface area contributed by atoms with E-state index in [0.29, 0.717) is 30.6 Å². The smallest absolute Gasteiger partial charge is 0.307 e. The molecule has 0 aliphatic heterocycles. The van der Waals surface area contributed by atoms with Crippen LogP contribution in [0.4, 0.5) is 11.8 Å². The molecule has 0 bridgehead atoms. The average molecular weight is 264 g/mol. The Labute approximate surface area is 110 Å². The molecule has 0 spiro atoms. The summed E-state index contributed by atoms with van der Waals surface area (Å²) in [6, 6.07) is 0. The second-order valence-corrected chi connectivity index (χ2v) is 3.76. The zero-order valence-corrected chi connectivity index (χ0v) is 10.9. The molecule has 0 radical (unpaired) electrons. The van der Waals surface area contributed by atoms with Crippen molar-refractivity contribution in [2.75, 3.05) is 30.8 Å². The van der Waals surface area contributed by atoms with Gasteiger partial charge >= 0.3 is 5.97 Å². The number of esters is 1. The summed E-state index contributed by atoms with van der Waals surface area (Å²) in [6.45, 7) is 2.62. The van der Waals surface area contributed by atoms with Gasteiger partial charge in [0.1, 0.15) is 5.82 Å². The van der Waals surface area contributed by atoms with Crippen molar-refractivity contribution in [1.29, 1.82) is 0 Å². The first-order chi connectivity index (χ1) is 9.24. The summed E-state index contributed by atoms with van der Waals surface area (Å²) >= 11 is 0. The number of nitrogens with zero attached hydrogens (tertiary/aromatic N) is 3. The van der Waals surface area contributed by atoms with Crippen molar-refractivity contribution in [2.45, 2.75) is 13.3 Å². The monoisotopic (exact) mass is 264 g/mol. The predicted octanol–water partition coefficient (Wildman–Crippen LogP) is 0.760. The molecule has 0 saturated heterocycles. The van der Waals surface area contributed by atoms with Crippen LogP contribution in [0, 0.1) is 0 Å². The van der Waals surface area contributed by atoms with Crippen LogP contribution < -0.4 is 10.6 Å². The van der Waals surface area contributed by atoms with Crippen molar-refractivity contribution in [1.82, 2.24) is 20.2 Å². The third-order valence-electron chi connectivity index (χ3n) is 2.46. The van der Waals surface area contributed by atoms with E-state index in [2.05, 4.69) is 30.8 Å². The van der Waals surface area contributed by atoms with Crippen LogP contribution >= 0.6 is 0 Å². The molecule has 0 atom stereocenters. The second-order valence-electron chi connectivity index (χ2n) is 3.76. The van der Waals surface area contributed by atoms with Crippen LogP contribution in [-0.2, 0) is 9.53 Å². The van der Waals surface area contributed by atoms with Crippen LogP contribution in [-0.4, -0.2) is 46.3 Å². The standard InChI is InChI=1S/C11H16N6O2/c1-3-19-8(18)4-5-13-9-7-6-14-17-10(7)16-11(12-2)15-9/h6H,3-5H2,1-2H3,(H3,12,13,14,15,16,17). The van der Waals surface area contributed by atoms with Gasteiger partial charge in [-0.15, -0.1) is 0 Å². The van der Waals surface area contributed by atoms with Gasteiger partial charge in [0, 0.05) is 13.6 Å². The van der Waals surface area contributed by atoms with Gasteiger partial charge in [-0.3, -0.25) is 9.89 Å². The maximum atomic E-state index is 11.2. The van der Waals surface area contributed by atoms with Crippen LogP contribution in [0.1, 0.15) is 13.3 Å². The summed E-state index contributed by atoms with van der Waals surface area (Å²) < 4.78 is 4.85. The van der Waals surface area contributed by atoms with Crippen LogP contribution in [0.15, 0.2) is 6.20 Å². The molecule has 0 amide bonds. The highest BCUT2D eigenvalue weighted by Gasteiger charge is 2.09. The lowest BCUT2D eigenvalue weighted by Crippen LogP contribution is -2.12. The molecule has 19 heavy (non-hydrogen) atoms. The van der Waals surface area contributed by atoms with E-state index < -0.39 is 0 Å². The molecule has 0 fully saturated rings. The molecular weight excluding hydrogens is 248 g/mol. The average Bonchev–Trinajstić information content (AvgIpc) is 2.87. The van der Waals surface area contributed by atoms with E-state index in [1.807, 2.05) is 0 Å². The number of hydrogen-bond donors (Lipinski definition) is 3. The lowest BCUT2D eigenvalue weighted by atomic mass is 10.3. The van der Waals surface area contributed by atoms with Gasteiger partial charge in [-0.2, -0.15) is 15.1 Å². The summed E-state index contributed by atoms with van der Waals surface area (Å²) in [5.41, 5.74) is 0.637. The van der Waals surface area contributed by atoms with Crippen molar-refractivity contribution in [2.24, 2.45) is 0 Å². The lowest BCUT2D eigenvalue weighted by molar-refractivity contribution is -0.142. The number of rotatable bonds is 6. The zero-order valence-electron chi connectivity index (χ0n) is 10.9. The third kappa shape index (κ3) is 3.09. The Morgan fingerprint density at radius 2 is 2.32 bits per heavy atom. The van der Waals surface area contributed by atoms with Crippen molar-refractivity contribution in [3.8, 4) is 0 Å². The summed E-state index contributed by atoms with van der Waals surface area (Å²) in [5, 5.41) is 13.4. The van der Waals surface area contributed by atoms with Gasteiger partial charge in [0.05, 0.1) is 24.6 Å². The van der Waals surface area contributed by atoms with Crippen LogP contribution in [0.5, 0.6) is 0 Å². The minimum Gasteiger partial charge on any atom is -0.466 e. The number of H-pyrrole nitrogens is 1. The Kier molecular flexibility index (Phi) is 4.11. The van der Waals surface area contributed by atoms with Crippen LogP contribution in [0.2, 0.25) is 0 Å². The molecule has 102 valence electrons. The predicted molar refractivity (Wildman–Crippen MR) is 71.0 cm³/mol. The van der Waals surface area contributed by atoms with Gasteiger partial charge in [0.25, 0.3) is 0 Å². The van der Waals surface area contributed by atoms with Gasteiger partial charge in [-0.05, 0) is 6.92 Å². The zero-order chi connectivity index (χ0) is 13.7. The minimum absolute atomic E-state index is 0.235. The molecule has 3 N–H and O–H groups in total. The molecule has 2 heterocycles. The highest BCUT2D eigenvalue weighted by atomic mass is 16.5. The summed E-state index contributed by atoms with van der Waals surface area (Å²) in [4.78, 5) is 19.7. The molecule has 0 aromatic carbocycles. The van der Waals surface area contributed by atoms with E-state index in [1.54, 1.807) is 20.2 Å². The van der Waals surface area contributed by atoms with Gasteiger partial charge in [-0.25, -0.2) is 0 Å². The molecule has 0 unspecified atom stereocenters. The van der Waals surface area contributed by atoms with E-state index in [4.69, 9.17) is 4.74 Å². The molecule has 0 aliphatic rings. The number of nitrogens with one attached hydrogen (secondary N) is 3. The molecule has 8 nitrogen and oxygen atoms in total.